The van der Waals surface area contributed by atoms with Crippen molar-refractivity contribution < 1.29 is 9.18 Å². The molecule has 0 aromatic heterocycles. The first-order valence-corrected chi connectivity index (χ1v) is 8.10. The van der Waals surface area contributed by atoms with E-state index in [1.54, 1.807) is 0 Å². The first kappa shape index (κ1) is 16.9. The SMILES string of the molecule is O=C(NN(Cc1ccccc1)Cc1ccccc1)c1ccc(F)cc1. The van der Waals surface area contributed by atoms with E-state index >= 15 is 0 Å². The van der Waals surface area contributed by atoms with E-state index in [9.17, 15) is 9.18 Å². The van der Waals surface area contributed by atoms with E-state index in [0.29, 0.717) is 18.7 Å². The largest absolute Gasteiger partial charge is 0.284 e. The van der Waals surface area contributed by atoms with Gasteiger partial charge in [0, 0.05) is 18.7 Å². The van der Waals surface area contributed by atoms with Crippen molar-refractivity contribution in [2.24, 2.45) is 0 Å². The van der Waals surface area contributed by atoms with Gasteiger partial charge in [-0.05, 0) is 35.4 Å². The van der Waals surface area contributed by atoms with Gasteiger partial charge in [0.1, 0.15) is 5.82 Å². The van der Waals surface area contributed by atoms with Gasteiger partial charge in [-0.2, -0.15) is 0 Å². The molecule has 0 aliphatic heterocycles. The lowest BCUT2D eigenvalue weighted by Gasteiger charge is -2.23. The number of nitrogens with zero attached hydrogens (tertiary/aromatic N) is 1. The molecule has 0 radical (unpaired) electrons. The second-order valence-electron chi connectivity index (χ2n) is 5.78. The highest BCUT2D eigenvalue weighted by Gasteiger charge is 2.12. The fourth-order valence-corrected chi connectivity index (χ4v) is 2.55. The van der Waals surface area contributed by atoms with Gasteiger partial charge in [-0.3, -0.25) is 10.2 Å². The Morgan fingerprint density at radius 3 is 1.72 bits per heavy atom. The maximum absolute atomic E-state index is 13.0. The van der Waals surface area contributed by atoms with Crippen molar-refractivity contribution in [3.8, 4) is 0 Å². The molecule has 126 valence electrons. The van der Waals surface area contributed by atoms with Gasteiger partial charge in [0.2, 0.25) is 0 Å². The van der Waals surface area contributed by atoms with Gasteiger partial charge < -0.3 is 0 Å². The molecule has 3 aromatic rings. The normalized spacial score (nSPS) is 10.6. The summed E-state index contributed by atoms with van der Waals surface area (Å²) < 4.78 is 13.0. The van der Waals surface area contributed by atoms with Gasteiger partial charge in [0.05, 0.1) is 0 Å². The minimum atomic E-state index is -0.359. The molecule has 3 nitrogen and oxygen atoms in total. The zero-order chi connectivity index (χ0) is 17.5. The third kappa shape index (κ3) is 4.99. The monoisotopic (exact) mass is 334 g/mol. The molecule has 1 amide bonds. The van der Waals surface area contributed by atoms with Crippen LogP contribution in [-0.4, -0.2) is 10.9 Å². The fraction of sp³-hybridized carbons (Fsp3) is 0.0952. The molecule has 0 spiro atoms. The number of benzene rings is 3. The van der Waals surface area contributed by atoms with Crippen LogP contribution in [0.25, 0.3) is 0 Å². The fourth-order valence-electron chi connectivity index (χ4n) is 2.55. The van der Waals surface area contributed by atoms with E-state index < -0.39 is 0 Å². The van der Waals surface area contributed by atoms with Gasteiger partial charge in [-0.25, -0.2) is 9.40 Å². The quantitative estimate of drug-likeness (QED) is 0.686. The standard InChI is InChI=1S/C21H19FN2O/c22-20-13-11-19(12-14-20)21(25)23-24(15-17-7-3-1-4-8-17)16-18-9-5-2-6-10-18/h1-14H,15-16H2,(H,23,25). The molecule has 0 heterocycles. The first-order valence-electron chi connectivity index (χ1n) is 8.10. The van der Waals surface area contributed by atoms with Crippen LogP contribution in [0.4, 0.5) is 4.39 Å². The Morgan fingerprint density at radius 1 is 0.760 bits per heavy atom. The zero-order valence-electron chi connectivity index (χ0n) is 13.7. The van der Waals surface area contributed by atoms with Crippen LogP contribution in [0.2, 0.25) is 0 Å². The molecule has 0 atom stereocenters. The van der Waals surface area contributed by atoms with Crippen molar-refractivity contribution in [3.05, 3.63) is 107 Å². The predicted octanol–water partition coefficient (Wildman–Crippen LogP) is 4.17. The van der Waals surface area contributed by atoms with Gasteiger partial charge in [0.25, 0.3) is 5.91 Å². The summed E-state index contributed by atoms with van der Waals surface area (Å²) in [5.41, 5.74) is 5.54. The molecule has 25 heavy (non-hydrogen) atoms. The van der Waals surface area contributed by atoms with Crippen LogP contribution in [0.3, 0.4) is 0 Å². The lowest BCUT2D eigenvalue weighted by Crippen LogP contribution is -2.41. The lowest BCUT2D eigenvalue weighted by atomic mass is 10.2. The predicted molar refractivity (Wildman–Crippen MR) is 96.0 cm³/mol. The molecule has 1 N–H and O–H groups in total. The highest BCUT2D eigenvalue weighted by Crippen LogP contribution is 2.09. The Bertz CT molecular complexity index is 763. The molecular formula is C21H19FN2O. The number of halogens is 1. The maximum Gasteiger partial charge on any atom is 0.265 e. The molecule has 0 fully saturated rings. The number of hydrogen-bond acceptors (Lipinski definition) is 2. The number of hydrazine groups is 1. The van der Waals surface area contributed by atoms with Gasteiger partial charge in [0.15, 0.2) is 0 Å². The van der Waals surface area contributed by atoms with E-state index in [0.717, 1.165) is 11.1 Å². The molecule has 4 heteroatoms. The van der Waals surface area contributed by atoms with Crippen molar-refractivity contribution in [2.75, 3.05) is 0 Å². The average molecular weight is 334 g/mol. The van der Waals surface area contributed by atoms with Crippen molar-refractivity contribution >= 4 is 5.91 Å². The second kappa shape index (κ2) is 8.22. The topological polar surface area (TPSA) is 32.3 Å². The van der Waals surface area contributed by atoms with E-state index in [1.807, 2.05) is 65.7 Å². The third-order valence-corrected chi connectivity index (χ3v) is 3.80. The summed E-state index contributed by atoms with van der Waals surface area (Å²) >= 11 is 0. The Kier molecular flexibility index (Phi) is 5.54. The van der Waals surface area contributed by atoms with Crippen molar-refractivity contribution in [1.29, 1.82) is 0 Å². The number of rotatable bonds is 6. The van der Waals surface area contributed by atoms with E-state index in [2.05, 4.69) is 5.43 Å². The molecule has 0 bridgehead atoms. The van der Waals surface area contributed by atoms with Crippen LogP contribution >= 0.6 is 0 Å². The Morgan fingerprint density at radius 2 is 1.24 bits per heavy atom. The van der Waals surface area contributed by atoms with Crippen molar-refractivity contribution in [3.63, 3.8) is 0 Å². The van der Waals surface area contributed by atoms with Crippen LogP contribution < -0.4 is 5.43 Å². The molecule has 0 saturated heterocycles. The number of carbonyl (C=O) groups excluding carboxylic acids is 1. The highest BCUT2D eigenvalue weighted by atomic mass is 19.1. The molecule has 3 rings (SSSR count). The number of carbonyl (C=O) groups is 1. The van der Waals surface area contributed by atoms with E-state index in [4.69, 9.17) is 0 Å². The van der Waals surface area contributed by atoms with E-state index in [1.165, 1.54) is 24.3 Å². The van der Waals surface area contributed by atoms with Gasteiger partial charge in [-0.15, -0.1) is 0 Å². The third-order valence-electron chi connectivity index (χ3n) is 3.80. The van der Waals surface area contributed by atoms with Crippen LogP contribution in [0, 0.1) is 5.82 Å². The Hall–Kier alpha value is -2.98. The summed E-state index contributed by atoms with van der Waals surface area (Å²) in [7, 11) is 0. The van der Waals surface area contributed by atoms with Gasteiger partial charge in [-0.1, -0.05) is 60.7 Å². The summed E-state index contributed by atoms with van der Waals surface area (Å²) in [6.07, 6.45) is 0. The molecular weight excluding hydrogens is 315 g/mol. The summed E-state index contributed by atoms with van der Waals surface area (Å²) in [4.78, 5) is 12.5. The van der Waals surface area contributed by atoms with Crippen LogP contribution in [0.5, 0.6) is 0 Å². The van der Waals surface area contributed by atoms with E-state index in [-0.39, 0.29) is 11.7 Å². The average Bonchev–Trinajstić information content (AvgIpc) is 2.64. The smallest absolute Gasteiger partial charge is 0.265 e. The molecule has 0 aliphatic rings. The minimum Gasteiger partial charge on any atom is -0.284 e. The Balaban J connectivity index is 1.75. The maximum atomic E-state index is 13.0. The van der Waals surface area contributed by atoms with Crippen molar-refractivity contribution in [1.82, 2.24) is 10.4 Å². The lowest BCUT2D eigenvalue weighted by molar-refractivity contribution is 0.0759. The summed E-state index contributed by atoms with van der Waals surface area (Å²) in [6.45, 7) is 1.14. The number of amides is 1. The van der Waals surface area contributed by atoms with Crippen LogP contribution in [-0.2, 0) is 13.1 Å². The number of hydrogen-bond donors (Lipinski definition) is 1. The van der Waals surface area contributed by atoms with Crippen LogP contribution in [0.15, 0.2) is 84.9 Å². The summed E-state index contributed by atoms with van der Waals surface area (Å²) in [5, 5.41) is 1.86. The first-order chi connectivity index (χ1) is 12.2. The second-order valence-corrected chi connectivity index (χ2v) is 5.78. The van der Waals surface area contributed by atoms with Crippen molar-refractivity contribution in [2.45, 2.75) is 13.1 Å². The minimum absolute atomic E-state index is 0.258. The molecule has 3 aromatic carbocycles. The molecule has 0 aliphatic carbocycles. The molecule has 0 saturated carbocycles. The zero-order valence-corrected chi connectivity index (χ0v) is 13.7. The molecule has 0 unspecified atom stereocenters. The Labute approximate surface area is 146 Å². The highest BCUT2D eigenvalue weighted by molar-refractivity contribution is 5.93. The van der Waals surface area contributed by atoms with Crippen LogP contribution in [0.1, 0.15) is 21.5 Å². The number of nitrogens with one attached hydrogen (secondary N) is 1. The summed E-state index contributed by atoms with van der Waals surface area (Å²) in [5.74, 6) is -0.617. The van der Waals surface area contributed by atoms with Gasteiger partial charge >= 0.3 is 0 Å². The summed E-state index contributed by atoms with van der Waals surface area (Å²) in [6, 6.07) is 25.4.